The summed E-state index contributed by atoms with van der Waals surface area (Å²) in [4.78, 5) is 4.54. The summed E-state index contributed by atoms with van der Waals surface area (Å²) < 4.78 is 14.8. The number of rotatable bonds is 4. The Labute approximate surface area is 115 Å². The van der Waals surface area contributed by atoms with Crippen molar-refractivity contribution < 1.29 is 4.39 Å². The Morgan fingerprint density at radius 1 is 1.33 bits per heavy atom. The zero-order valence-electron chi connectivity index (χ0n) is 10.6. The third-order valence-corrected chi connectivity index (χ3v) is 3.43. The highest BCUT2D eigenvalue weighted by Gasteiger charge is 2.12. The van der Waals surface area contributed by atoms with Crippen LogP contribution in [0.4, 0.5) is 10.1 Å². The first kappa shape index (κ1) is 13.3. The largest absolute Gasteiger partial charge is 0.385 e. The first-order chi connectivity index (χ1) is 8.67. The lowest BCUT2D eigenvalue weighted by atomic mass is 10.1. The third-order valence-electron chi connectivity index (χ3n) is 2.79. The zero-order valence-corrected chi connectivity index (χ0v) is 12.1. The molecule has 2 nitrogen and oxygen atoms in total. The number of nitrogens with zero attached hydrogens (tertiary/aromatic N) is 1. The van der Waals surface area contributed by atoms with Crippen molar-refractivity contribution in [3.63, 3.8) is 0 Å². The molecular weight excluding hydrogens is 295 g/mol. The van der Waals surface area contributed by atoms with Gasteiger partial charge in [-0.2, -0.15) is 0 Å². The number of hydrogen-bond donors (Lipinski definition) is 1. The van der Waals surface area contributed by atoms with Gasteiger partial charge in [0.15, 0.2) is 0 Å². The van der Waals surface area contributed by atoms with Crippen LogP contribution >= 0.6 is 15.9 Å². The molecule has 0 radical (unpaired) electrons. The molecule has 1 N–H and O–H groups in total. The van der Waals surface area contributed by atoms with Crippen LogP contribution in [-0.4, -0.2) is 11.5 Å². The highest BCUT2D eigenvalue weighted by Crippen LogP contribution is 2.31. The van der Waals surface area contributed by atoms with Crippen molar-refractivity contribution in [1.82, 2.24) is 4.98 Å². The Morgan fingerprint density at radius 3 is 2.78 bits per heavy atom. The van der Waals surface area contributed by atoms with E-state index in [0.717, 1.165) is 35.2 Å². The fourth-order valence-corrected chi connectivity index (χ4v) is 2.45. The fourth-order valence-electron chi connectivity index (χ4n) is 2.04. The van der Waals surface area contributed by atoms with Crippen molar-refractivity contribution in [2.24, 2.45) is 0 Å². The number of aromatic nitrogens is 1. The molecule has 18 heavy (non-hydrogen) atoms. The molecule has 0 fully saturated rings. The van der Waals surface area contributed by atoms with Crippen molar-refractivity contribution in [2.45, 2.75) is 26.7 Å². The van der Waals surface area contributed by atoms with Crippen LogP contribution in [0.2, 0.25) is 0 Å². The van der Waals surface area contributed by atoms with E-state index in [-0.39, 0.29) is 5.82 Å². The van der Waals surface area contributed by atoms with Gasteiger partial charge in [-0.1, -0.05) is 13.3 Å². The van der Waals surface area contributed by atoms with Gasteiger partial charge < -0.3 is 5.32 Å². The second-order valence-corrected chi connectivity index (χ2v) is 5.05. The van der Waals surface area contributed by atoms with Crippen LogP contribution in [0.5, 0.6) is 0 Å². The molecule has 1 heterocycles. The van der Waals surface area contributed by atoms with Gasteiger partial charge in [0.1, 0.15) is 5.82 Å². The first-order valence-electron chi connectivity index (χ1n) is 6.18. The zero-order chi connectivity index (χ0) is 13.1. The van der Waals surface area contributed by atoms with Gasteiger partial charge in [0, 0.05) is 22.4 Å². The highest BCUT2D eigenvalue weighted by molar-refractivity contribution is 9.10. The summed E-state index contributed by atoms with van der Waals surface area (Å²) in [6.07, 6.45) is 1.92. The van der Waals surface area contributed by atoms with E-state index >= 15 is 0 Å². The Bertz CT molecular complexity index is 569. The quantitative estimate of drug-likeness (QED) is 0.898. The van der Waals surface area contributed by atoms with Crippen LogP contribution in [0.3, 0.4) is 0 Å². The molecule has 96 valence electrons. The molecule has 0 amide bonds. The van der Waals surface area contributed by atoms with Crippen LogP contribution in [-0.2, 0) is 6.42 Å². The molecule has 0 aliphatic carbocycles. The van der Waals surface area contributed by atoms with Gasteiger partial charge in [-0.15, -0.1) is 0 Å². The Kier molecular flexibility index (Phi) is 4.17. The van der Waals surface area contributed by atoms with E-state index in [0.29, 0.717) is 10.9 Å². The molecular formula is C14H16BrFN2. The summed E-state index contributed by atoms with van der Waals surface area (Å²) in [7, 11) is 0. The molecule has 0 spiro atoms. The number of anilines is 1. The monoisotopic (exact) mass is 310 g/mol. The van der Waals surface area contributed by atoms with Gasteiger partial charge in [0.05, 0.1) is 10.9 Å². The van der Waals surface area contributed by atoms with Crippen molar-refractivity contribution >= 4 is 32.5 Å². The summed E-state index contributed by atoms with van der Waals surface area (Å²) in [5.74, 6) is -0.236. The van der Waals surface area contributed by atoms with Crippen LogP contribution in [0.1, 0.15) is 26.0 Å². The SMILES string of the molecule is CCCc1cc(NCC)c2c(F)ccc(Br)c2n1. The van der Waals surface area contributed by atoms with Crippen LogP contribution < -0.4 is 5.32 Å². The number of halogens is 2. The summed E-state index contributed by atoms with van der Waals surface area (Å²) in [5.41, 5.74) is 2.51. The van der Waals surface area contributed by atoms with E-state index in [1.165, 1.54) is 6.07 Å². The number of nitrogens with one attached hydrogen (secondary N) is 1. The molecule has 4 heteroatoms. The topological polar surface area (TPSA) is 24.9 Å². The maximum atomic E-state index is 14.0. The Morgan fingerprint density at radius 2 is 2.11 bits per heavy atom. The molecule has 0 aliphatic heterocycles. The number of fused-ring (bicyclic) bond motifs is 1. The standard InChI is InChI=1S/C14H16BrFN2/c1-3-5-9-8-12(17-4-2)13-11(16)7-6-10(15)14(13)18-9/h6-8H,3-5H2,1-2H3,(H,17,18). The smallest absolute Gasteiger partial charge is 0.134 e. The lowest BCUT2D eigenvalue weighted by molar-refractivity contribution is 0.639. The average molecular weight is 311 g/mol. The van der Waals surface area contributed by atoms with Crippen LogP contribution in [0, 0.1) is 5.82 Å². The van der Waals surface area contributed by atoms with Gasteiger partial charge in [-0.05, 0) is 47.5 Å². The molecule has 2 rings (SSSR count). The van der Waals surface area contributed by atoms with Crippen LogP contribution in [0.15, 0.2) is 22.7 Å². The van der Waals surface area contributed by atoms with Gasteiger partial charge >= 0.3 is 0 Å². The normalized spacial score (nSPS) is 10.9. The first-order valence-corrected chi connectivity index (χ1v) is 6.98. The summed E-state index contributed by atoms with van der Waals surface area (Å²) in [5, 5.41) is 3.78. The number of benzene rings is 1. The Balaban J connectivity index is 2.72. The minimum Gasteiger partial charge on any atom is -0.385 e. The molecule has 0 bridgehead atoms. The van der Waals surface area contributed by atoms with E-state index in [4.69, 9.17) is 0 Å². The van der Waals surface area contributed by atoms with Gasteiger partial charge in [0.2, 0.25) is 0 Å². The molecule has 0 saturated carbocycles. The van der Waals surface area contributed by atoms with Crippen molar-refractivity contribution in [3.8, 4) is 0 Å². The van der Waals surface area contributed by atoms with Crippen molar-refractivity contribution in [2.75, 3.05) is 11.9 Å². The minimum absolute atomic E-state index is 0.236. The van der Waals surface area contributed by atoms with E-state index < -0.39 is 0 Å². The lowest BCUT2D eigenvalue weighted by Crippen LogP contribution is -2.02. The molecule has 0 saturated heterocycles. The van der Waals surface area contributed by atoms with E-state index in [2.05, 4.69) is 33.2 Å². The highest BCUT2D eigenvalue weighted by atomic mass is 79.9. The Hall–Kier alpha value is -1.16. The third kappa shape index (κ3) is 2.48. The predicted octanol–water partition coefficient (Wildman–Crippen LogP) is 4.52. The molecule has 1 aromatic carbocycles. The second kappa shape index (κ2) is 5.65. The van der Waals surface area contributed by atoms with E-state index in [9.17, 15) is 4.39 Å². The van der Waals surface area contributed by atoms with Gasteiger partial charge in [0.25, 0.3) is 0 Å². The average Bonchev–Trinajstić information content (AvgIpc) is 2.34. The summed E-state index contributed by atoms with van der Waals surface area (Å²) in [6, 6.07) is 5.12. The molecule has 0 aliphatic rings. The van der Waals surface area contributed by atoms with Crippen molar-refractivity contribution in [3.05, 3.63) is 34.2 Å². The molecule has 1 aromatic heterocycles. The molecule has 0 atom stereocenters. The summed E-state index contributed by atoms with van der Waals surface area (Å²) in [6.45, 7) is 4.87. The summed E-state index contributed by atoms with van der Waals surface area (Å²) >= 11 is 3.44. The van der Waals surface area contributed by atoms with E-state index in [1.54, 1.807) is 6.07 Å². The maximum Gasteiger partial charge on any atom is 0.134 e. The number of hydrogen-bond acceptors (Lipinski definition) is 2. The lowest BCUT2D eigenvalue weighted by Gasteiger charge is -2.12. The van der Waals surface area contributed by atoms with E-state index in [1.807, 2.05) is 13.0 Å². The van der Waals surface area contributed by atoms with Crippen LogP contribution in [0.25, 0.3) is 10.9 Å². The predicted molar refractivity (Wildman–Crippen MR) is 77.6 cm³/mol. The van der Waals surface area contributed by atoms with Gasteiger partial charge in [-0.25, -0.2) is 4.39 Å². The molecule has 2 aromatic rings. The maximum absolute atomic E-state index is 14.0. The minimum atomic E-state index is -0.236. The molecule has 0 unspecified atom stereocenters. The van der Waals surface area contributed by atoms with Crippen molar-refractivity contribution in [1.29, 1.82) is 0 Å². The van der Waals surface area contributed by atoms with Gasteiger partial charge in [-0.3, -0.25) is 4.98 Å². The fraction of sp³-hybridized carbons (Fsp3) is 0.357. The number of pyridine rings is 1. The second-order valence-electron chi connectivity index (χ2n) is 4.19. The number of aryl methyl sites for hydroxylation is 1.